The average Bonchev–Trinajstić information content (AvgIpc) is 2.93. The van der Waals surface area contributed by atoms with Gasteiger partial charge in [0.25, 0.3) is 0 Å². The third-order valence-corrected chi connectivity index (χ3v) is 6.72. The number of likely N-dealkylation sites (N-methyl/N-ethyl adjacent to an activating group) is 1. The van der Waals surface area contributed by atoms with Gasteiger partial charge < -0.3 is 15.2 Å². The van der Waals surface area contributed by atoms with Gasteiger partial charge in [-0.2, -0.15) is 0 Å². The van der Waals surface area contributed by atoms with Crippen molar-refractivity contribution >= 4 is 27.8 Å². The highest BCUT2D eigenvalue weighted by molar-refractivity contribution is 5.90. The van der Waals surface area contributed by atoms with E-state index in [1.54, 1.807) is 12.4 Å². The molecule has 8 nitrogen and oxygen atoms in total. The van der Waals surface area contributed by atoms with E-state index >= 15 is 0 Å². The van der Waals surface area contributed by atoms with Gasteiger partial charge in [-0.3, -0.25) is 14.7 Å². The molecule has 6 rings (SSSR count). The Kier molecular flexibility index (Phi) is 5.88. The van der Waals surface area contributed by atoms with Gasteiger partial charge >= 0.3 is 0 Å². The van der Waals surface area contributed by atoms with Crippen molar-refractivity contribution in [3.05, 3.63) is 83.3 Å². The van der Waals surface area contributed by atoms with Crippen molar-refractivity contribution < 1.29 is 0 Å². The summed E-state index contributed by atoms with van der Waals surface area (Å²) < 4.78 is 0. The fraction of sp³-hybridized carbons (Fsp3) is 0.214. The Balaban J connectivity index is 1.44. The van der Waals surface area contributed by atoms with Gasteiger partial charge in [-0.1, -0.05) is 42.5 Å². The number of piperazine rings is 1. The van der Waals surface area contributed by atoms with E-state index in [1.165, 1.54) is 0 Å². The summed E-state index contributed by atoms with van der Waals surface area (Å²) in [5, 5.41) is 4.31. The molecule has 0 aliphatic carbocycles. The van der Waals surface area contributed by atoms with Gasteiger partial charge in [0, 0.05) is 55.1 Å². The number of anilines is 1. The zero-order chi connectivity index (χ0) is 24.5. The molecular formula is C28H27N7O. The van der Waals surface area contributed by atoms with Crippen LogP contribution in [0.1, 0.15) is 0 Å². The predicted molar refractivity (Wildman–Crippen MR) is 144 cm³/mol. The van der Waals surface area contributed by atoms with Gasteiger partial charge in [0.15, 0.2) is 11.2 Å². The summed E-state index contributed by atoms with van der Waals surface area (Å²) in [5.41, 5.74) is 5.25. The Labute approximate surface area is 208 Å². The van der Waals surface area contributed by atoms with Crippen molar-refractivity contribution in [1.29, 1.82) is 0 Å². The van der Waals surface area contributed by atoms with Gasteiger partial charge in [-0.15, -0.1) is 0 Å². The van der Waals surface area contributed by atoms with Crippen molar-refractivity contribution in [3.8, 4) is 22.5 Å². The number of aromatic nitrogens is 4. The Morgan fingerprint density at radius 3 is 2.56 bits per heavy atom. The van der Waals surface area contributed by atoms with Crippen LogP contribution in [0.15, 0.2) is 77.9 Å². The van der Waals surface area contributed by atoms with Crippen LogP contribution in [0.2, 0.25) is 0 Å². The highest BCUT2D eigenvalue weighted by Gasteiger charge is 2.18. The number of H-pyrrole nitrogens is 1. The largest absolute Gasteiger partial charge is 0.368 e. The summed E-state index contributed by atoms with van der Waals surface area (Å²) in [5.74, 6) is 0. The van der Waals surface area contributed by atoms with E-state index in [9.17, 15) is 4.79 Å². The number of nitrogens with one attached hydrogen (secondary N) is 2. The Hall–Kier alpha value is -4.14. The number of hydrogen-bond acceptors (Lipinski definition) is 7. The normalized spacial score (nSPS) is 14.9. The molecule has 0 saturated carbocycles. The maximum Gasteiger partial charge on any atom is 0.232 e. The first-order chi connectivity index (χ1) is 17.7. The smallest absolute Gasteiger partial charge is 0.232 e. The molecule has 5 aromatic rings. The van der Waals surface area contributed by atoms with Crippen LogP contribution in [0, 0.1) is 0 Å². The highest BCUT2D eigenvalue weighted by Crippen LogP contribution is 2.31. The van der Waals surface area contributed by atoms with Crippen molar-refractivity contribution in [2.24, 2.45) is 0 Å². The van der Waals surface area contributed by atoms with Crippen LogP contribution in [0.25, 0.3) is 44.6 Å². The van der Waals surface area contributed by atoms with Crippen molar-refractivity contribution in [1.82, 2.24) is 29.7 Å². The molecule has 1 saturated heterocycles. The zero-order valence-corrected chi connectivity index (χ0v) is 20.1. The van der Waals surface area contributed by atoms with E-state index in [0.717, 1.165) is 53.9 Å². The lowest BCUT2D eigenvalue weighted by molar-refractivity contribution is 0.162. The van der Waals surface area contributed by atoms with E-state index in [-0.39, 0.29) is 5.43 Å². The first-order valence-electron chi connectivity index (χ1n) is 12.1. The Morgan fingerprint density at radius 2 is 1.72 bits per heavy atom. The first kappa shape index (κ1) is 22.3. The fourth-order valence-electron chi connectivity index (χ4n) is 4.58. The van der Waals surface area contributed by atoms with E-state index in [2.05, 4.69) is 32.1 Å². The van der Waals surface area contributed by atoms with Crippen molar-refractivity contribution in [3.63, 3.8) is 0 Å². The fourth-order valence-corrected chi connectivity index (χ4v) is 4.58. The molecule has 3 aromatic heterocycles. The zero-order valence-electron chi connectivity index (χ0n) is 20.1. The molecule has 180 valence electrons. The molecule has 0 spiro atoms. The molecule has 4 heterocycles. The highest BCUT2D eigenvalue weighted by atomic mass is 16.1. The second-order valence-electron chi connectivity index (χ2n) is 9.18. The average molecular weight is 478 g/mol. The van der Waals surface area contributed by atoms with Gasteiger partial charge in [-0.05, 0) is 25.2 Å². The minimum absolute atomic E-state index is 0.159. The summed E-state index contributed by atoms with van der Waals surface area (Å²) in [6, 6.07) is 19.9. The van der Waals surface area contributed by atoms with Crippen LogP contribution in [0.3, 0.4) is 0 Å². The topological polar surface area (TPSA) is 90.0 Å². The molecule has 1 aliphatic heterocycles. The minimum Gasteiger partial charge on any atom is -0.368 e. The SMILES string of the molecule is CN1CCN(CNc2c[nH]c3nc(-c4ccccc4)c(-c4ccc5ncccc5c4)nc3c2=O)CC1. The van der Waals surface area contributed by atoms with Gasteiger partial charge in [0.2, 0.25) is 5.43 Å². The number of nitrogens with zero attached hydrogens (tertiary/aromatic N) is 5. The maximum atomic E-state index is 13.5. The number of rotatable bonds is 5. The first-order valence-corrected chi connectivity index (χ1v) is 12.1. The quantitative estimate of drug-likeness (QED) is 0.398. The summed E-state index contributed by atoms with van der Waals surface area (Å²) in [6.07, 6.45) is 3.48. The van der Waals surface area contributed by atoms with Crippen LogP contribution in [0.5, 0.6) is 0 Å². The molecular weight excluding hydrogens is 450 g/mol. The minimum atomic E-state index is -0.159. The molecule has 2 aromatic carbocycles. The molecule has 0 radical (unpaired) electrons. The van der Waals surface area contributed by atoms with Crippen LogP contribution in [-0.4, -0.2) is 69.6 Å². The lowest BCUT2D eigenvalue weighted by Crippen LogP contribution is -2.46. The Bertz CT molecular complexity index is 1590. The van der Waals surface area contributed by atoms with E-state index in [0.29, 0.717) is 29.2 Å². The molecule has 0 unspecified atom stereocenters. The molecule has 1 fully saturated rings. The predicted octanol–water partition coefficient (Wildman–Crippen LogP) is 3.82. The van der Waals surface area contributed by atoms with Gasteiger partial charge in [0.1, 0.15) is 5.69 Å². The number of benzene rings is 2. The summed E-state index contributed by atoms with van der Waals surface area (Å²) in [7, 11) is 2.13. The number of aromatic amines is 1. The van der Waals surface area contributed by atoms with Crippen molar-refractivity contribution in [2.45, 2.75) is 0 Å². The third-order valence-electron chi connectivity index (χ3n) is 6.72. The molecule has 36 heavy (non-hydrogen) atoms. The van der Waals surface area contributed by atoms with E-state index in [1.807, 2.05) is 60.7 Å². The second-order valence-corrected chi connectivity index (χ2v) is 9.18. The van der Waals surface area contributed by atoms with Gasteiger partial charge in [-0.25, -0.2) is 9.97 Å². The van der Waals surface area contributed by atoms with Crippen LogP contribution >= 0.6 is 0 Å². The molecule has 0 atom stereocenters. The van der Waals surface area contributed by atoms with Crippen LogP contribution in [0.4, 0.5) is 5.69 Å². The summed E-state index contributed by atoms with van der Waals surface area (Å²) >= 11 is 0. The van der Waals surface area contributed by atoms with E-state index < -0.39 is 0 Å². The monoisotopic (exact) mass is 477 g/mol. The van der Waals surface area contributed by atoms with Gasteiger partial charge in [0.05, 0.1) is 23.6 Å². The molecule has 2 N–H and O–H groups in total. The lowest BCUT2D eigenvalue weighted by atomic mass is 10.0. The third kappa shape index (κ3) is 4.32. The molecule has 0 amide bonds. The number of pyridine rings is 2. The molecule has 1 aliphatic rings. The summed E-state index contributed by atoms with van der Waals surface area (Å²) in [4.78, 5) is 35.5. The molecule has 8 heteroatoms. The lowest BCUT2D eigenvalue weighted by Gasteiger charge is -2.32. The van der Waals surface area contributed by atoms with Crippen LogP contribution in [-0.2, 0) is 0 Å². The second kappa shape index (κ2) is 9.49. The number of fused-ring (bicyclic) bond motifs is 2. The van der Waals surface area contributed by atoms with E-state index in [4.69, 9.17) is 9.97 Å². The number of hydrogen-bond donors (Lipinski definition) is 2. The summed E-state index contributed by atoms with van der Waals surface area (Å²) in [6.45, 7) is 4.59. The Morgan fingerprint density at radius 1 is 0.917 bits per heavy atom. The molecule has 0 bridgehead atoms. The maximum absolute atomic E-state index is 13.5. The van der Waals surface area contributed by atoms with Crippen molar-refractivity contribution in [2.75, 3.05) is 45.2 Å². The standard InChI is InChI=1S/C28H27N7O/c1-34-12-14-35(15-13-34)18-31-23-17-30-28-26(27(23)36)32-25(24(33-28)19-6-3-2-4-7-19)21-9-10-22-20(16-21)8-5-11-29-22/h2-11,16-17,31H,12-15,18H2,1H3,(H,30,33,36). The van der Waals surface area contributed by atoms with Crippen LogP contribution < -0.4 is 10.7 Å².